The molecule has 6 heteroatoms. The monoisotopic (exact) mass is 376 g/mol. The van der Waals surface area contributed by atoms with E-state index in [0.29, 0.717) is 6.54 Å². The molecule has 0 aromatic heterocycles. The Kier molecular flexibility index (Phi) is 4.17. The highest BCUT2D eigenvalue weighted by Gasteiger charge is 2.55. The normalized spacial score (nSPS) is 23.4. The maximum atomic E-state index is 13.7. The minimum Gasteiger partial charge on any atom is -0.354 e. The van der Waals surface area contributed by atoms with E-state index in [1.165, 1.54) is 18.2 Å². The van der Waals surface area contributed by atoms with Crippen LogP contribution in [0.1, 0.15) is 11.5 Å². The predicted octanol–water partition coefficient (Wildman–Crippen LogP) is 2.81. The van der Waals surface area contributed by atoms with E-state index in [9.17, 15) is 14.0 Å². The lowest BCUT2D eigenvalue weighted by Crippen LogP contribution is -2.47. The molecule has 0 spiro atoms. The van der Waals surface area contributed by atoms with Crippen LogP contribution in [0.2, 0.25) is 0 Å². The van der Waals surface area contributed by atoms with Crippen molar-refractivity contribution in [3.05, 3.63) is 66.0 Å². The third-order valence-electron chi connectivity index (χ3n) is 3.93. The number of benzene rings is 2. The molecule has 2 atom stereocenters. The van der Waals surface area contributed by atoms with Gasteiger partial charge < -0.3 is 10.6 Å². The van der Waals surface area contributed by atoms with Crippen LogP contribution in [0.15, 0.2) is 54.6 Å². The molecular weight excluding hydrogens is 363 g/mol. The van der Waals surface area contributed by atoms with Crippen LogP contribution in [-0.4, -0.2) is 22.7 Å². The molecule has 2 aromatic rings. The van der Waals surface area contributed by atoms with Gasteiger partial charge in [0, 0.05) is 12.5 Å². The zero-order valence-electron chi connectivity index (χ0n) is 12.1. The Hall–Kier alpha value is -2.21. The van der Waals surface area contributed by atoms with Gasteiger partial charge in [-0.3, -0.25) is 9.59 Å². The summed E-state index contributed by atoms with van der Waals surface area (Å²) >= 11 is 3.32. The largest absolute Gasteiger partial charge is 0.354 e. The molecule has 0 bridgehead atoms. The molecule has 0 aliphatic carbocycles. The summed E-state index contributed by atoms with van der Waals surface area (Å²) in [5.74, 6) is -1.96. The van der Waals surface area contributed by atoms with Crippen molar-refractivity contribution < 1.29 is 14.0 Å². The van der Waals surface area contributed by atoms with Crippen LogP contribution in [0, 0.1) is 5.82 Å². The summed E-state index contributed by atoms with van der Waals surface area (Å²) in [7, 11) is 0. The number of hydrogen-bond donors (Lipinski definition) is 2. The number of carbonyl (C=O) groups excluding carboxylic acids is 2. The van der Waals surface area contributed by atoms with Crippen LogP contribution in [-0.2, 0) is 9.59 Å². The van der Waals surface area contributed by atoms with Crippen LogP contribution < -0.4 is 10.6 Å². The Labute approximate surface area is 141 Å². The topological polar surface area (TPSA) is 58.2 Å². The number of carbonyl (C=O) groups is 2. The molecule has 2 N–H and O–H groups in total. The van der Waals surface area contributed by atoms with Crippen LogP contribution in [0.4, 0.5) is 10.1 Å². The van der Waals surface area contributed by atoms with Crippen molar-refractivity contribution >= 4 is 33.4 Å². The highest BCUT2D eigenvalue weighted by molar-refractivity contribution is 9.10. The number of anilines is 1. The Morgan fingerprint density at radius 2 is 1.83 bits per heavy atom. The van der Waals surface area contributed by atoms with E-state index in [1.807, 2.05) is 30.3 Å². The van der Waals surface area contributed by atoms with E-state index in [2.05, 4.69) is 26.6 Å². The molecule has 2 amide bonds. The molecule has 4 nitrogen and oxygen atoms in total. The van der Waals surface area contributed by atoms with Gasteiger partial charge in [0.05, 0.1) is 5.69 Å². The van der Waals surface area contributed by atoms with Crippen molar-refractivity contribution in [3.8, 4) is 0 Å². The Morgan fingerprint density at radius 1 is 1.17 bits per heavy atom. The third kappa shape index (κ3) is 2.74. The van der Waals surface area contributed by atoms with E-state index in [4.69, 9.17) is 0 Å². The van der Waals surface area contributed by atoms with Crippen LogP contribution in [0.25, 0.3) is 0 Å². The number of halogens is 2. The summed E-state index contributed by atoms with van der Waals surface area (Å²) in [6, 6.07) is 15.1. The second-order valence-electron chi connectivity index (χ2n) is 5.32. The van der Waals surface area contributed by atoms with E-state index < -0.39 is 22.0 Å². The quantitative estimate of drug-likeness (QED) is 0.639. The van der Waals surface area contributed by atoms with Gasteiger partial charge in [0.15, 0.2) is 4.32 Å². The SMILES string of the molecule is O=C1NCC(c2ccccc2)C1(Br)C(=O)Nc1ccccc1F. The number of hydrogen-bond acceptors (Lipinski definition) is 2. The van der Waals surface area contributed by atoms with Crippen molar-refractivity contribution in [1.82, 2.24) is 5.32 Å². The van der Waals surface area contributed by atoms with Gasteiger partial charge in [0.2, 0.25) is 5.91 Å². The van der Waals surface area contributed by atoms with Gasteiger partial charge in [-0.25, -0.2) is 4.39 Å². The Balaban J connectivity index is 1.92. The average Bonchev–Trinajstić information content (AvgIpc) is 2.87. The molecule has 0 saturated carbocycles. The van der Waals surface area contributed by atoms with Crippen LogP contribution >= 0.6 is 15.9 Å². The molecule has 3 rings (SSSR count). The molecule has 2 unspecified atom stereocenters. The average molecular weight is 377 g/mol. The van der Waals surface area contributed by atoms with Crippen LogP contribution in [0.5, 0.6) is 0 Å². The van der Waals surface area contributed by atoms with Crippen molar-refractivity contribution in [1.29, 1.82) is 0 Å². The molecule has 0 radical (unpaired) electrons. The van der Waals surface area contributed by atoms with Gasteiger partial charge in [-0.1, -0.05) is 58.4 Å². The maximum Gasteiger partial charge on any atom is 0.251 e. The van der Waals surface area contributed by atoms with Crippen molar-refractivity contribution in [2.45, 2.75) is 10.2 Å². The van der Waals surface area contributed by atoms with E-state index >= 15 is 0 Å². The first-order chi connectivity index (χ1) is 11.0. The minimum atomic E-state index is -1.48. The summed E-state index contributed by atoms with van der Waals surface area (Å²) in [6.45, 7) is 0.332. The van der Waals surface area contributed by atoms with Crippen molar-refractivity contribution in [2.75, 3.05) is 11.9 Å². The Morgan fingerprint density at radius 3 is 2.52 bits per heavy atom. The standard InChI is InChI=1S/C17H14BrFN2O2/c18-17(16(23)21-14-9-5-4-8-13(14)19)12(10-20-15(17)22)11-6-2-1-3-7-11/h1-9,12H,10H2,(H,20,22)(H,21,23). The fourth-order valence-electron chi connectivity index (χ4n) is 2.69. The van der Waals surface area contributed by atoms with Gasteiger partial charge in [-0.15, -0.1) is 0 Å². The first-order valence-corrected chi connectivity index (χ1v) is 7.91. The lowest BCUT2D eigenvalue weighted by atomic mass is 9.87. The fourth-order valence-corrected chi connectivity index (χ4v) is 3.36. The fraction of sp³-hybridized carbons (Fsp3) is 0.176. The van der Waals surface area contributed by atoms with E-state index in [-0.39, 0.29) is 11.6 Å². The van der Waals surface area contributed by atoms with Gasteiger partial charge >= 0.3 is 0 Å². The van der Waals surface area contributed by atoms with Gasteiger partial charge in [-0.05, 0) is 17.7 Å². The number of alkyl halides is 1. The summed E-state index contributed by atoms with van der Waals surface area (Å²) < 4.78 is 12.3. The maximum absolute atomic E-state index is 13.7. The summed E-state index contributed by atoms with van der Waals surface area (Å²) in [6.07, 6.45) is 0. The lowest BCUT2D eigenvalue weighted by Gasteiger charge is -2.25. The van der Waals surface area contributed by atoms with Gasteiger partial charge in [0.1, 0.15) is 5.82 Å². The van der Waals surface area contributed by atoms with Crippen molar-refractivity contribution in [3.63, 3.8) is 0 Å². The van der Waals surface area contributed by atoms with E-state index in [0.717, 1.165) is 5.56 Å². The molecule has 118 valence electrons. The first kappa shape index (κ1) is 15.7. The minimum absolute atomic E-state index is 0.0443. The van der Waals surface area contributed by atoms with Crippen molar-refractivity contribution in [2.24, 2.45) is 0 Å². The smallest absolute Gasteiger partial charge is 0.251 e. The Bertz CT molecular complexity index is 753. The first-order valence-electron chi connectivity index (χ1n) is 7.11. The molecule has 1 aliphatic rings. The molecule has 1 heterocycles. The molecule has 1 saturated heterocycles. The summed E-state index contributed by atoms with van der Waals surface area (Å²) in [5.41, 5.74) is 0.897. The third-order valence-corrected chi connectivity index (χ3v) is 5.20. The second-order valence-corrected chi connectivity index (χ2v) is 6.57. The number of rotatable bonds is 3. The zero-order chi connectivity index (χ0) is 16.4. The molecule has 23 heavy (non-hydrogen) atoms. The summed E-state index contributed by atoms with van der Waals surface area (Å²) in [5, 5.41) is 5.20. The molecule has 1 aliphatic heterocycles. The van der Waals surface area contributed by atoms with E-state index in [1.54, 1.807) is 6.07 Å². The predicted molar refractivity (Wildman–Crippen MR) is 88.9 cm³/mol. The molecular formula is C17H14BrFN2O2. The van der Waals surface area contributed by atoms with Gasteiger partial charge in [0.25, 0.3) is 5.91 Å². The summed E-state index contributed by atoms with van der Waals surface area (Å²) in [4.78, 5) is 25.0. The lowest BCUT2D eigenvalue weighted by molar-refractivity contribution is -0.128. The molecule has 1 fully saturated rings. The highest BCUT2D eigenvalue weighted by Crippen LogP contribution is 2.40. The number of nitrogens with one attached hydrogen (secondary N) is 2. The second kappa shape index (κ2) is 6.12. The zero-order valence-corrected chi connectivity index (χ0v) is 13.6. The number of amides is 2. The number of para-hydroxylation sites is 1. The van der Waals surface area contributed by atoms with Gasteiger partial charge in [-0.2, -0.15) is 0 Å². The highest BCUT2D eigenvalue weighted by atomic mass is 79.9. The molecule has 2 aromatic carbocycles. The van der Waals surface area contributed by atoms with Crippen LogP contribution in [0.3, 0.4) is 0 Å².